The molecular formula is C19H28F2N4O. The van der Waals surface area contributed by atoms with Crippen molar-refractivity contribution in [3.63, 3.8) is 0 Å². The third-order valence-electron chi connectivity index (χ3n) is 4.95. The van der Waals surface area contributed by atoms with Gasteiger partial charge in [0.05, 0.1) is 19.8 Å². The van der Waals surface area contributed by atoms with Crippen LogP contribution in [0, 0.1) is 17.6 Å². The number of aliphatic imine (C=N–C) groups is 1. The molecular weight excluding hydrogens is 338 g/mol. The Morgan fingerprint density at radius 2 is 2.08 bits per heavy atom. The average molecular weight is 366 g/mol. The lowest BCUT2D eigenvalue weighted by molar-refractivity contribution is 0.0315. The van der Waals surface area contributed by atoms with E-state index in [4.69, 9.17) is 4.74 Å². The second-order valence-electron chi connectivity index (χ2n) is 6.92. The maximum Gasteiger partial charge on any atom is 0.194 e. The summed E-state index contributed by atoms with van der Waals surface area (Å²) in [5.41, 5.74) is 0.282. The van der Waals surface area contributed by atoms with Gasteiger partial charge in [-0.15, -0.1) is 0 Å². The lowest BCUT2D eigenvalue weighted by atomic mass is 10.1. The number of rotatable bonds is 5. The van der Waals surface area contributed by atoms with E-state index in [0.29, 0.717) is 5.92 Å². The third kappa shape index (κ3) is 5.14. The Kier molecular flexibility index (Phi) is 6.80. The van der Waals surface area contributed by atoms with Crippen molar-refractivity contribution in [2.45, 2.75) is 19.9 Å². The smallest absolute Gasteiger partial charge is 0.194 e. The Morgan fingerprint density at radius 1 is 1.27 bits per heavy atom. The molecule has 144 valence electrons. The van der Waals surface area contributed by atoms with Crippen molar-refractivity contribution < 1.29 is 13.5 Å². The molecule has 0 aromatic heterocycles. The Bertz CT molecular complexity index is 620. The second kappa shape index (κ2) is 9.28. The van der Waals surface area contributed by atoms with E-state index >= 15 is 0 Å². The fourth-order valence-electron chi connectivity index (χ4n) is 3.57. The van der Waals surface area contributed by atoms with Crippen LogP contribution in [0.3, 0.4) is 0 Å². The van der Waals surface area contributed by atoms with E-state index in [2.05, 4.69) is 20.1 Å². The number of likely N-dealkylation sites (tertiary alicyclic amines) is 1. The first-order valence-electron chi connectivity index (χ1n) is 9.43. The first-order chi connectivity index (χ1) is 12.7. The van der Waals surface area contributed by atoms with Gasteiger partial charge in [0.2, 0.25) is 0 Å². The predicted molar refractivity (Wildman–Crippen MR) is 98.1 cm³/mol. The molecule has 2 heterocycles. The fraction of sp³-hybridized carbons (Fsp3) is 0.632. The highest BCUT2D eigenvalue weighted by Gasteiger charge is 2.27. The van der Waals surface area contributed by atoms with Crippen molar-refractivity contribution in [1.82, 2.24) is 15.1 Å². The van der Waals surface area contributed by atoms with Crippen LogP contribution in [0.5, 0.6) is 0 Å². The quantitative estimate of drug-likeness (QED) is 0.640. The number of hydrogen-bond donors (Lipinski definition) is 1. The van der Waals surface area contributed by atoms with Crippen molar-refractivity contribution in [2.75, 3.05) is 52.5 Å². The molecule has 1 N–H and O–H groups in total. The summed E-state index contributed by atoms with van der Waals surface area (Å²) in [4.78, 5) is 9.23. The van der Waals surface area contributed by atoms with Gasteiger partial charge < -0.3 is 15.0 Å². The molecule has 0 radical (unpaired) electrons. The molecule has 0 bridgehead atoms. The van der Waals surface area contributed by atoms with Crippen LogP contribution in [0.4, 0.5) is 8.78 Å². The summed E-state index contributed by atoms with van der Waals surface area (Å²) in [5, 5.41) is 3.28. The normalized spacial score (nSPS) is 22.0. The highest BCUT2D eigenvalue weighted by Crippen LogP contribution is 2.19. The number of nitrogens with one attached hydrogen (secondary N) is 1. The SMILES string of the molecule is CCNC(=NCc1cc(F)ccc1F)N1CCC(CN2CCOCC2)C1. The van der Waals surface area contributed by atoms with Crippen molar-refractivity contribution in [1.29, 1.82) is 0 Å². The fourth-order valence-corrected chi connectivity index (χ4v) is 3.57. The molecule has 5 nitrogen and oxygen atoms in total. The minimum atomic E-state index is -0.437. The van der Waals surface area contributed by atoms with Crippen molar-refractivity contribution in [3.8, 4) is 0 Å². The zero-order chi connectivity index (χ0) is 18.4. The molecule has 2 aliphatic heterocycles. The summed E-state index contributed by atoms with van der Waals surface area (Å²) in [6.45, 7) is 9.50. The summed E-state index contributed by atoms with van der Waals surface area (Å²) in [6.07, 6.45) is 1.12. The molecule has 1 unspecified atom stereocenters. The number of guanidine groups is 1. The molecule has 0 spiro atoms. The van der Waals surface area contributed by atoms with Crippen LogP contribution >= 0.6 is 0 Å². The van der Waals surface area contributed by atoms with Gasteiger partial charge in [0.25, 0.3) is 0 Å². The predicted octanol–water partition coefficient (Wildman–Crippen LogP) is 2.08. The zero-order valence-electron chi connectivity index (χ0n) is 15.4. The van der Waals surface area contributed by atoms with E-state index in [1.807, 2.05) is 6.92 Å². The number of ether oxygens (including phenoxy) is 1. The zero-order valence-corrected chi connectivity index (χ0v) is 15.4. The summed E-state index contributed by atoms with van der Waals surface area (Å²) >= 11 is 0. The minimum Gasteiger partial charge on any atom is -0.379 e. The number of hydrogen-bond acceptors (Lipinski definition) is 3. The third-order valence-corrected chi connectivity index (χ3v) is 4.95. The van der Waals surface area contributed by atoms with Gasteiger partial charge in [-0.1, -0.05) is 0 Å². The summed E-state index contributed by atoms with van der Waals surface area (Å²) in [6, 6.07) is 3.50. The van der Waals surface area contributed by atoms with Crippen LogP contribution in [0.2, 0.25) is 0 Å². The monoisotopic (exact) mass is 366 g/mol. The van der Waals surface area contributed by atoms with E-state index in [1.165, 1.54) is 6.07 Å². The molecule has 3 rings (SSSR count). The van der Waals surface area contributed by atoms with Crippen molar-refractivity contribution >= 4 is 5.96 Å². The van der Waals surface area contributed by atoms with E-state index in [9.17, 15) is 8.78 Å². The van der Waals surface area contributed by atoms with Gasteiger partial charge in [-0.05, 0) is 37.5 Å². The molecule has 1 aromatic rings. The number of morpholine rings is 1. The van der Waals surface area contributed by atoms with E-state index in [1.54, 1.807) is 0 Å². The van der Waals surface area contributed by atoms with Crippen LogP contribution in [0.1, 0.15) is 18.9 Å². The molecule has 26 heavy (non-hydrogen) atoms. The van der Waals surface area contributed by atoms with Crippen LogP contribution in [-0.4, -0.2) is 68.2 Å². The summed E-state index contributed by atoms with van der Waals surface area (Å²) < 4.78 is 32.6. The second-order valence-corrected chi connectivity index (χ2v) is 6.92. The average Bonchev–Trinajstić information content (AvgIpc) is 3.10. The van der Waals surface area contributed by atoms with Crippen molar-refractivity contribution in [3.05, 3.63) is 35.4 Å². The Hall–Kier alpha value is -1.73. The standard InChI is InChI=1S/C19H28F2N4O/c1-2-22-19(23-12-16-11-17(20)3-4-18(16)21)25-6-5-15(14-25)13-24-7-9-26-10-8-24/h3-4,11,15H,2,5-10,12-14H2,1H3,(H,22,23). The lowest BCUT2D eigenvalue weighted by Crippen LogP contribution is -2.42. The van der Waals surface area contributed by atoms with Gasteiger partial charge in [-0.2, -0.15) is 0 Å². The van der Waals surface area contributed by atoms with E-state index in [0.717, 1.165) is 77.0 Å². The van der Waals surface area contributed by atoms with E-state index < -0.39 is 11.6 Å². The minimum absolute atomic E-state index is 0.135. The van der Waals surface area contributed by atoms with Crippen LogP contribution < -0.4 is 5.32 Å². The molecule has 0 saturated carbocycles. The number of benzene rings is 1. The molecule has 2 aliphatic rings. The molecule has 1 aromatic carbocycles. The molecule has 0 aliphatic carbocycles. The Balaban J connectivity index is 1.59. The first-order valence-corrected chi connectivity index (χ1v) is 9.43. The number of nitrogens with zero attached hydrogens (tertiary/aromatic N) is 3. The van der Waals surface area contributed by atoms with Crippen LogP contribution in [0.15, 0.2) is 23.2 Å². The molecule has 1 atom stereocenters. The van der Waals surface area contributed by atoms with Gasteiger partial charge >= 0.3 is 0 Å². The first kappa shape index (κ1) is 19.0. The Morgan fingerprint density at radius 3 is 2.85 bits per heavy atom. The van der Waals surface area contributed by atoms with Gasteiger partial charge in [-0.25, -0.2) is 13.8 Å². The highest BCUT2D eigenvalue weighted by atomic mass is 19.1. The molecule has 2 saturated heterocycles. The van der Waals surface area contributed by atoms with Crippen LogP contribution in [0.25, 0.3) is 0 Å². The van der Waals surface area contributed by atoms with Gasteiger partial charge in [0.15, 0.2) is 5.96 Å². The summed E-state index contributed by atoms with van der Waals surface area (Å²) in [5.74, 6) is 0.523. The van der Waals surface area contributed by atoms with E-state index in [-0.39, 0.29) is 12.1 Å². The molecule has 2 fully saturated rings. The largest absolute Gasteiger partial charge is 0.379 e. The van der Waals surface area contributed by atoms with Gasteiger partial charge in [0, 0.05) is 44.8 Å². The number of halogens is 2. The topological polar surface area (TPSA) is 40.1 Å². The van der Waals surface area contributed by atoms with Gasteiger partial charge in [-0.3, -0.25) is 4.90 Å². The van der Waals surface area contributed by atoms with Crippen molar-refractivity contribution in [2.24, 2.45) is 10.9 Å². The molecule has 0 amide bonds. The maximum absolute atomic E-state index is 13.8. The Labute approximate surface area is 154 Å². The maximum atomic E-state index is 13.8. The van der Waals surface area contributed by atoms with Gasteiger partial charge in [0.1, 0.15) is 11.6 Å². The summed E-state index contributed by atoms with van der Waals surface area (Å²) in [7, 11) is 0. The highest BCUT2D eigenvalue weighted by molar-refractivity contribution is 5.80. The molecule has 7 heteroatoms. The van der Waals surface area contributed by atoms with Crippen LogP contribution in [-0.2, 0) is 11.3 Å². The lowest BCUT2D eigenvalue weighted by Gasteiger charge is -2.29.